The van der Waals surface area contributed by atoms with E-state index >= 15 is 0 Å². The number of carbonyl (C=O) groups excluding carboxylic acids is 1. The maximum absolute atomic E-state index is 12.3. The number of benzene rings is 2. The minimum absolute atomic E-state index is 0.130. The molecule has 4 heteroatoms. The van der Waals surface area contributed by atoms with Crippen molar-refractivity contribution < 1.29 is 9.90 Å². The molecule has 0 bridgehead atoms. The summed E-state index contributed by atoms with van der Waals surface area (Å²) in [5.74, 6) is -0.471. The smallest absolute Gasteiger partial charge is 0.266 e. The molecule has 0 aliphatic carbocycles. The van der Waals surface area contributed by atoms with Crippen LogP contribution < -0.4 is 5.56 Å². The van der Waals surface area contributed by atoms with Crippen molar-refractivity contribution in [3.8, 4) is 17.0 Å². The van der Waals surface area contributed by atoms with Gasteiger partial charge >= 0.3 is 0 Å². The Morgan fingerprint density at radius 1 is 0.850 bits per heavy atom. The predicted molar refractivity (Wildman–Crippen MR) is 75.0 cm³/mol. The quantitative estimate of drug-likeness (QED) is 0.530. The van der Waals surface area contributed by atoms with Crippen LogP contribution in [0.25, 0.3) is 22.0 Å². The summed E-state index contributed by atoms with van der Waals surface area (Å²) in [5, 5.41) is 11.5. The summed E-state index contributed by atoms with van der Waals surface area (Å²) >= 11 is 0. The fraction of sp³-hybridized carbons (Fsp3) is 0. The SMILES string of the molecule is O=C1c2cc3ccccc3cc2-c2cc(O)cc(=O)n21. The standard InChI is InChI=1S/C16H9NO3/c18-11-7-14-12-5-9-3-1-2-4-10(9)6-13(12)16(20)17(14)15(19)8-11/h1-8,18H. The van der Waals surface area contributed by atoms with Crippen LogP contribution in [0.1, 0.15) is 10.4 Å². The Kier molecular flexibility index (Phi) is 1.96. The van der Waals surface area contributed by atoms with Gasteiger partial charge in [0, 0.05) is 17.7 Å². The van der Waals surface area contributed by atoms with Crippen LogP contribution in [-0.4, -0.2) is 15.6 Å². The van der Waals surface area contributed by atoms with Crippen LogP contribution in [0.3, 0.4) is 0 Å². The van der Waals surface area contributed by atoms with Crippen molar-refractivity contribution in [2.75, 3.05) is 0 Å². The van der Waals surface area contributed by atoms with Gasteiger partial charge in [-0.25, -0.2) is 4.57 Å². The normalized spacial score (nSPS) is 12.5. The van der Waals surface area contributed by atoms with Crippen molar-refractivity contribution in [1.82, 2.24) is 4.57 Å². The van der Waals surface area contributed by atoms with Crippen LogP contribution in [0.2, 0.25) is 0 Å². The first-order valence-corrected chi connectivity index (χ1v) is 6.19. The van der Waals surface area contributed by atoms with Crippen molar-refractivity contribution in [1.29, 1.82) is 0 Å². The third-order valence-electron chi connectivity index (χ3n) is 3.61. The molecule has 2 aromatic carbocycles. The summed E-state index contributed by atoms with van der Waals surface area (Å²) < 4.78 is 1.10. The highest BCUT2D eigenvalue weighted by Crippen LogP contribution is 2.34. The lowest BCUT2D eigenvalue weighted by atomic mass is 10.0. The first kappa shape index (κ1) is 11.0. The Balaban J connectivity index is 2.16. The van der Waals surface area contributed by atoms with E-state index in [1.54, 1.807) is 6.07 Å². The average Bonchev–Trinajstić information content (AvgIpc) is 2.70. The molecule has 20 heavy (non-hydrogen) atoms. The van der Waals surface area contributed by atoms with E-state index in [9.17, 15) is 14.7 Å². The lowest BCUT2D eigenvalue weighted by molar-refractivity contribution is 0.0965. The van der Waals surface area contributed by atoms with Crippen molar-refractivity contribution >= 4 is 16.7 Å². The molecule has 4 rings (SSSR count). The highest BCUT2D eigenvalue weighted by atomic mass is 16.3. The highest BCUT2D eigenvalue weighted by Gasteiger charge is 2.28. The van der Waals surface area contributed by atoms with Crippen LogP contribution in [-0.2, 0) is 0 Å². The zero-order valence-corrected chi connectivity index (χ0v) is 10.3. The second-order valence-electron chi connectivity index (χ2n) is 4.82. The molecule has 0 amide bonds. The van der Waals surface area contributed by atoms with Gasteiger partial charge < -0.3 is 5.11 Å². The second kappa shape index (κ2) is 3.57. The summed E-state index contributed by atoms with van der Waals surface area (Å²) in [6.07, 6.45) is 0. The molecule has 0 saturated carbocycles. The lowest BCUT2D eigenvalue weighted by Gasteiger charge is -2.02. The van der Waals surface area contributed by atoms with Crippen LogP contribution in [0.4, 0.5) is 0 Å². The Bertz CT molecular complexity index is 954. The Labute approximate surface area is 113 Å². The number of hydrogen-bond donors (Lipinski definition) is 1. The summed E-state index contributed by atoms with van der Waals surface area (Å²) in [4.78, 5) is 24.2. The predicted octanol–water partition coefficient (Wildman–Crippen LogP) is 2.38. The zero-order chi connectivity index (χ0) is 13.9. The molecule has 1 N–H and O–H groups in total. The first-order valence-electron chi connectivity index (χ1n) is 6.19. The van der Waals surface area contributed by atoms with Gasteiger partial charge in [-0.1, -0.05) is 24.3 Å². The van der Waals surface area contributed by atoms with E-state index in [-0.39, 0.29) is 11.7 Å². The molecule has 0 spiro atoms. The lowest BCUT2D eigenvalue weighted by Crippen LogP contribution is -2.23. The summed E-state index contributed by atoms with van der Waals surface area (Å²) in [6.45, 7) is 0. The van der Waals surface area contributed by atoms with Crippen molar-refractivity contribution in [2.24, 2.45) is 0 Å². The molecule has 0 atom stereocenters. The van der Waals surface area contributed by atoms with Crippen molar-refractivity contribution in [3.63, 3.8) is 0 Å². The van der Waals surface area contributed by atoms with Gasteiger partial charge in [-0.3, -0.25) is 9.59 Å². The van der Waals surface area contributed by atoms with Gasteiger partial charge in [-0.2, -0.15) is 0 Å². The van der Waals surface area contributed by atoms with E-state index in [1.165, 1.54) is 6.07 Å². The van der Waals surface area contributed by atoms with Crippen molar-refractivity contribution in [2.45, 2.75) is 0 Å². The Morgan fingerprint density at radius 3 is 2.20 bits per heavy atom. The minimum Gasteiger partial charge on any atom is -0.508 e. The van der Waals surface area contributed by atoms with Gasteiger partial charge in [-0.05, 0) is 22.9 Å². The van der Waals surface area contributed by atoms with Gasteiger partial charge in [0.25, 0.3) is 11.5 Å². The van der Waals surface area contributed by atoms with E-state index in [2.05, 4.69) is 0 Å². The van der Waals surface area contributed by atoms with Crippen LogP contribution in [0.15, 0.2) is 53.3 Å². The molecule has 0 fully saturated rings. The summed E-state index contributed by atoms with van der Waals surface area (Å²) in [7, 11) is 0. The van der Waals surface area contributed by atoms with E-state index in [0.717, 1.165) is 21.4 Å². The Morgan fingerprint density at radius 2 is 1.50 bits per heavy atom. The fourth-order valence-electron chi connectivity index (χ4n) is 2.71. The van der Waals surface area contributed by atoms with Crippen LogP contribution >= 0.6 is 0 Å². The fourth-order valence-corrected chi connectivity index (χ4v) is 2.71. The van der Waals surface area contributed by atoms with Gasteiger partial charge in [0.2, 0.25) is 0 Å². The maximum Gasteiger partial charge on any atom is 0.266 e. The monoisotopic (exact) mass is 263 g/mol. The molecule has 1 aliphatic rings. The van der Waals surface area contributed by atoms with Crippen LogP contribution in [0.5, 0.6) is 5.75 Å². The van der Waals surface area contributed by atoms with Gasteiger partial charge in [0.05, 0.1) is 11.3 Å². The molecule has 0 unspecified atom stereocenters. The number of aromatic nitrogens is 1. The number of hydrogen-bond acceptors (Lipinski definition) is 3. The first-order chi connectivity index (χ1) is 9.65. The maximum atomic E-state index is 12.3. The summed E-state index contributed by atoms with van der Waals surface area (Å²) in [6, 6.07) is 13.8. The third kappa shape index (κ3) is 1.30. The number of nitrogens with zero attached hydrogens (tertiary/aromatic N) is 1. The molecule has 0 saturated heterocycles. The largest absolute Gasteiger partial charge is 0.508 e. The summed E-state index contributed by atoms with van der Waals surface area (Å²) in [5.41, 5.74) is 1.11. The molecule has 3 aromatic rings. The van der Waals surface area contributed by atoms with E-state index in [1.807, 2.05) is 30.3 Å². The molecule has 2 heterocycles. The van der Waals surface area contributed by atoms with Gasteiger partial charge in [-0.15, -0.1) is 0 Å². The second-order valence-corrected chi connectivity index (χ2v) is 4.82. The number of pyridine rings is 1. The highest BCUT2D eigenvalue weighted by molar-refractivity contribution is 6.12. The van der Waals surface area contributed by atoms with Crippen molar-refractivity contribution in [3.05, 3.63) is 64.4 Å². The van der Waals surface area contributed by atoms with E-state index in [0.29, 0.717) is 16.8 Å². The zero-order valence-electron chi connectivity index (χ0n) is 10.3. The molecule has 0 radical (unpaired) electrons. The number of rotatable bonds is 0. The molecule has 1 aliphatic heterocycles. The molecular formula is C16H9NO3. The number of fused-ring (bicyclic) bond motifs is 4. The average molecular weight is 263 g/mol. The number of aromatic hydroxyl groups is 1. The molecule has 96 valence electrons. The Hall–Kier alpha value is -2.88. The third-order valence-corrected chi connectivity index (χ3v) is 3.61. The molecule has 1 aromatic heterocycles. The van der Waals surface area contributed by atoms with Gasteiger partial charge in [0.1, 0.15) is 5.75 Å². The number of carbonyl (C=O) groups is 1. The van der Waals surface area contributed by atoms with E-state index < -0.39 is 5.56 Å². The van der Waals surface area contributed by atoms with Crippen LogP contribution in [0, 0.1) is 0 Å². The van der Waals surface area contributed by atoms with Gasteiger partial charge in [0.15, 0.2) is 0 Å². The van der Waals surface area contributed by atoms with E-state index in [4.69, 9.17) is 0 Å². The molecular weight excluding hydrogens is 254 g/mol. The minimum atomic E-state index is -0.509. The topological polar surface area (TPSA) is 59.3 Å². The molecule has 4 nitrogen and oxygen atoms in total.